The maximum Gasteiger partial charge on any atom is 0.338 e. The molecule has 1 unspecified atom stereocenters. The lowest BCUT2D eigenvalue weighted by Gasteiger charge is -2.24. The van der Waals surface area contributed by atoms with Gasteiger partial charge in [-0.05, 0) is 44.5 Å². The Labute approximate surface area is 113 Å². The van der Waals surface area contributed by atoms with Crippen molar-refractivity contribution < 1.29 is 19.0 Å². The quantitative estimate of drug-likeness (QED) is 0.585. The Hall–Kier alpha value is -1.55. The molecule has 1 aromatic carbocycles. The van der Waals surface area contributed by atoms with Crippen molar-refractivity contribution in [1.29, 1.82) is 0 Å². The van der Waals surface area contributed by atoms with Crippen LogP contribution in [0.15, 0.2) is 24.3 Å². The molecular formula is C15H20O4. The molecule has 104 valence electrons. The van der Waals surface area contributed by atoms with Gasteiger partial charge in [0.25, 0.3) is 0 Å². The molecule has 1 aliphatic rings. The van der Waals surface area contributed by atoms with Crippen LogP contribution in [0.1, 0.15) is 37.6 Å². The third kappa shape index (κ3) is 3.70. The molecule has 1 atom stereocenters. The molecule has 1 aromatic rings. The van der Waals surface area contributed by atoms with Gasteiger partial charge in [-0.2, -0.15) is 0 Å². The number of hydrogen-bond donors (Lipinski definition) is 0. The van der Waals surface area contributed by atoms with E-state index in [0.717, 1.165) is 18.8 Å². The summed E-state index contributed by atoms with van der Waals surface area (Å²) in [5.74, 6) is 0.436. The molecule has 1 fully saturated rings. The average molecular weight is 264 g/mol. The summed E-state index contributed by atoms with van der Waals surface area (Å²) < 4.78 is 16.2. The van der Waals surface area contributed by atoms with Crippen LogP contribution in [0.2, 0.25) is 0 Å². The zero-order valence-electron chi connectivity index (χ0n) is 11.6. The highest BCUT2D eigenvalue weighted by molar-refractivity contribution is 5.89. The molecule has 0 radical (unpaired) electrons. The van der Waals surface area contributed by atoms with Crippen LogP contribution < -0.4 is 4.74 Å². The lowest BCUT2D eigenvalue weighted by Crippen LogP contribution is -2.34. The van der Waals surface area contributed by atoms with E-state index < -0.39 is 0 Å². The highest BCUT2D eigenvalue weighted by Crippen LogP contribution is 2.29. The number of rotatable bonds is 6. The topological polar surface area (TPSA) is 48.1 Å². The fraction of sp³-hybridized carbons (Fsp3) is 0.533. The lowest BCUT2D eigenvalue weighted by atomic mass is 10.1. The first-order chi connectivity index (χ1) is 9.03. The van der Waals surface area contributed by atoms with Crippen LogP contribution in [0, 0.1) is 0 Å². The van der Waals surface area contributed by atoms with Crippen LogP contribution in [-0.2, 0) is 9.47 Å². The van der Waals surface area contributed by atoms with Crippen molar-refractivity contribution in [1.82, 2.24) is 0 Å². The Morgan fingerprint density at radius 3 is 2.53 bits per heavy atom. The van der Waals surface area contributed by atoms with Gasteiger partial charge in [0.05, 0.1) is 18.8 Å². The zero-order chi connectivity index (χ0) is 13.9. The van der Waals surface area contributed by atoms with E-state index in [4.69, 9.17) is 14.2 Å². The van der Waals surface area contributed by atoms with Gasteiger partial charge < -0.3 is 14.2 Å². The number of carbonyl (C=O) groups is 1. The molecule has 0 aromatic heterocycles. The number of epoxide rings is 1. The Morgan fingerprint density at radius 2 is 2.00 bits per heavy atom. The monoisotopic (exact) mass is 264 g/mol. The van der Waals surface area contributed by atoms with E-state index in [0.29, 0.717) is 12.2 Å². The van der Waals surface area contributed by atoms with Gasteiger partial charge >= 0.3 is 5.97 Å². The summed E-state index contributed by atoms with van der Waals surface area (Å²) in [4.78, 5) is 11.6. The van der Waals surface area contributed by atoms with Crippen LogP contribution in [0.4, 0.5) is 0 Å². The third-order valence-corrected chi connectivity index (χ3v) is 3.02. The maximum absolute atomic E-state index is 11.6. The summed E-state index contributed by atoms with van der Waals surface area (Å²) >= 11 is 0. The summed E-state index contributed by atoms with van der Waals surface area (Å²) in [5.41, 5.74) is 0.200. The van der Waals surface area contributed by atoms with Crippen LogP contribution >= 0.6 is 0 Å². The van der Waals surface area contributed by atoms with Gasteiger partial charge in [0.15, 0.2) is 0 Å². The third-order valence-electron chi connectivity index (χ3n) is 3.02. The first kappa shape index (κ1) is 13.9. The Bertz CT molecular complexity index is 432. The van der Waals surface area contributed by atoms with Crippen LogP contribution in [0.25, 0.3) is 0 Å². The molecule has 0 spiro atoms. The van der Waals surface area contributed by atoms with E-state index >= 15 is 0 Å². The minimum atomic E-state index is -0.343. The van der Waals surface area contributed by atoms with Gasteiger partial charge in [-0.15, -0.1) is 0 Å². The van der Waals surface area contributed by atoms with Crippen LogP contribution in [0.5, 0.6) is 5.75 Å². The van der Waals surface area contributed by atoms with Crippen LogP contribution in [0.3, 0.4) is 0 Å². The second-order valence-electron chi connectivity index (χ2n) is 5.19. The van der Waals surface area contributed by atoms with E-state index in [2.05, 4.69) is 0 Å². The van der Waals surface area contributed by atoms with Crippen molar-refractivity contribution in [2.45, 2.75) is 38.9 Å². The van der Waals surface area contributed by atoms with Gasteiger partial charge in [0.1, 0.15) is 17.5 Å². The van der Waals surface area contributed by atoms with E-state index in [9.17, 15) is 4.79 Å². The Morgan fingerprint density at radius 1 is 1.37 bits per heavy atom. The fourth-order valence-corrected chi connectivity index (χ4v) is 1.76. The zero-order valence-corrected chi connectivity index (χ0v) is 11.6. The van der Waals surface area contributed by atoms with Gasteiger partial charge in [0, 0.05) is 0 Å². The summed E-state index contributed by atoms with van der Waals surface area (Å²) in [6, 6.07) is 7.01. The minimum Gasteiger partial charge on any atom is -0.485 e. The normalized spacial score (nSPS) is 17.9. The molecule has 19 heavy (non-hydrogen) atoms. The maximum atomic E-state index is 11.6. The van der Waals surface area contributed by atoms with Crippen molar-refractivity contribution >= 4 is 5.97 Å². The molecular weight excluding hydrogens is 244 g/mol. The number of esters is 1. The van der Waals surface area contributed by atoms with E-state index in [1.165, 1.54) is 0 Å². The molecule has 1 aliphatic heterocycles. The SMILES string of the molecule is CCCOC(=O)c1ccc(OC(C)(C)C2CO2)cc1. The number of carbonyl (C=O) groups excluding carboxylic acids is 1. The highest BCUT2D eigenvalue weighted by Gasteiger charge is 2.41. The fourth-order valence-electron chi connectivity index (χ4n) is 1.76. The molecule has 0 amide bonds. The molecule has 4 nitrogen and oxygen atoms in total. The van der Waals surface area contributed by atoms with Crippen molar-refractivity contribution in [3.05, 3.63) is 29.8 Å². The Balaban J connectivity index is 1.96. The second-order valence-corrected chi connectivity index (χ2v) is 5.19. The molecule has 1 heterocycles. The van der Waals surface area contributed by atoms with Gasteiger partial charge in [0.2, 0.25) is 0 Å². The largest absolute Gasteiger partial charge is 0.485 e. The van der Waals surface area contributed by atoms with Crippen molar-refractivity contribution in [2.24, 2.45) is 0 Å². The van der Waals surface area contributed by atoms with Gasteiger partial charge in [-0.25, -0.2) is 4.79 Å². The molecule has 0 saturated carbocycles. The lowest BCUT2D eigenvalue weighted by molar-refractivity contribution is 0.0504. The first-order valence-electron chi connectivity index (χ1n) is 6.60. The van der Waals surface area contributed by atoms with Crippen molar-refractivity contribution in [3.63, 3.8) is 0 Å². The standard InChI is InChI=1S/C15H20O4/c1-4-9-17-14(16)11-5-7-12(8-6-11)19-15(2,3)13-10-18-13/h5-8,13H,4,9-10H2,1-3H3. The molecule has 1 saturated heterocycles. The summed E-state index contributed by atoms with van der Waals surface area (Å²) in [6.07, 6.45) is 0.976. The number of ether oxygens (including phenoxy) is 3. The van der Waals surface area contributed by atoms with Gasteiger partial charge in [-0.1, -0.05) is 6.92 Å². The number of hydrogen-bond acceptors (Lipinski definition) is 4. The first-order valence-corrected chi connectivity index (χ1v) is 6.60. The van der Waals surface area contributed by atoms with Crippen molar-refractivity contribution in [3.8, 4) is 5.75 Å². The predicted octanol–water partition coefficient (Wildman–Crippen LogP) is 2.81. The van der Waals surface area contributed by atoms with Crippen molar-refractivity contribution in [2.75, 3.05) is 13.2 Å². The molecule has 0 bridgehead atoms. The average Bonchev–Trinajstić information content (AvgIpc) is 3.21. The van der Waals surface area contributed by atoms with E-state index in [-0.39, 0.29) is 17.7 Å². The van der Waals surface area contributed by atoms with E-state index in [1.807, 2.05) is 20.8 Å². The minimum absolute atomic E-state index is 0.154. The predicted molar refractivity (Wildman–Crippen MR) is 71.5 cm³/mol. The molecule has 2 rings (SSSR count). The summed E-state index contributed by atoms with van der Waals surface area (Å²) in [7, 11) is 0. The van der Waals surface area contributed by atoms with E-state index in [1.54, 1.807) is 24.3 Å². The summed E-state index contributed by atoms with van der Waals surface area (Å²) in [5, 5.41) is 0. The Kier molecular flexibility index (Phi) is 4.10. The highest BCUT2D eigenvalue weighted by atomic mass is 16.6. The van der Waals surface area contributed by atoms with Crippen LogP contribution in [-0.4, -0.2) is 30.9 Å². The second kappa shape index (κ2) is 5.61. The smallest absolute Gasteiger partial charge is 0.338 e. The molecule has 0 aliphatic carbocycles. The number of benzene rings is 1. The van der Waals surface area contributed by atoms with Gasteiger partial charge in [-0.3, -0.25) is 0 Å². The molecule has 4 heteroatoms. The summed E-state index contributed by atoms with van der Waals surface area (Å²) in [6.45, 7) is 7.14. The molecule has 0 N–H and O–H groups in total.